The van der Waals surface area contributed by atoms with E-state index in [-0.39, 0.29) is 5.82 Å². The number of hydrogen-bond donors (Lipinski definition) is 2. The van der Waals surface area contributed by atoms with Crippen LogP contribution in [0, 0.1) is 5.82 Å². The molecule has 0 saturated heterocycles. The number of thioether (sulfide) groups is 1. The van der Waals surface area contributed by atoms with E-state index in [9.17, 15) is 9.18 Å². The molecule has 0 bridgehead atoms. The zero-order valence-electron chi connectivity index (χ0n) is 9.75. The smallest absolute Gasteiger partial charge is 0.326 e. The van der Waals surface area contributed by atoms with Gasteiger partial charge in [0.25, 0.3) is 0 Å². The van der Waals surface area contributed by atoms with Crippen LogP contribution in [0.1, 0.15) is 16.7 Å². The average Bonchev–Trinajstić information content (AvgIpc) is 2.86. The summed E-state index contributed by atoms with van der Waals surface area (Å²) < 4.78 is 12.7. The first kappa shape index (κ1) is 14.0. The number of benzene rings is 1. The Morgan fingerprint density at radius 2 is 2.16 bits per heavy atom. The number of aromatic nitrogens is 1. The molecular formula is C12H11FN2O2S2. The standard InChI is InChI=1S/C12H11FN2O2S2/c13-7-1-3-8(4-2-7)18-6-10-15-9(5-19-10)11(14)12(16)17/h1-5,11H,6,14H2,(H,16,17). The van der Waals surface area contributed by atoms with Gasteiger partial charge in [0.2, 0.25) is 0 Å². The Balaban J connectivity index is 1.97. The fraction of sp³-hybridized carbons (Fsp3) is 0.167. The van der Waals surface area contributed by atoms with Gasteiger partial charge in [0.1, 0.15) is 16.9 Å². The number of carbonyl (C=O) groups is 1. The number of thiazole rings is 1. The molecular weight excluding hydrogens is 287 g/mol. The van der Waals surface area contributed by atoms with Crippen LogP contribution < -0.4 is 5.73 Å². The van der Waals surface area contributed by atoms with Gasteiger partial charge in [0.05, 0.1) is 11.4 Å². The van der Waals surface area contributed by atoms with Gasteiger partial charge in [-0.3, -0.25) is 4.79 Å². The van der Waals surface area contributed by atoms with Gasteiger partial charge in [0.15, 0.2) is 0 Å². The summed E-state index contributed by atoms with van der Waals surface area (Å²) in [7, 11) is 0. The van der Waals surface area contributed by atoms with Crippen LogP contribution in [0.2, 0.25) is 0 Å². The van der Waals surface area contributed by atoms with Gasteiger partial charge in [0, 0.05) is 10.3 Å². The molecule has 19 heavy (non-hydrogen) atoms. The van der Waals surface area contributed by atoms with Crippen LogP contribution in [0.25, 0.3) is 0 Å². The monoisotopic (exact) mass is 298 g/mol. The number of carboxylic acid groups (broad SMARTS) is 1. The van der Waals surface area contributed by atoms with E-state index < -0.39 is 12.0 Å². The van der Waals surface area contributed by atoms with Crippen molar-refractivity contribution in [3.05, 3.63) is 46.2 Å². The maximum absolute atomic E-state index is 12.7. The summed E-state index contributed by atoms with van der Waals surface area (Å²) in [5.41, 5.74) is 5.84. The minimum Gasteiger partial charge on any atom is -0.480 e. The lowest BCUT2D eigenvalue weighted by Crippen LogP contribution is -2.20. The quantitative estimate of drug-likeness (QED) is 0.830. The molecule has 0 aliphatic rings. The van der Waals surface area contributed by atoms with E-state index in [0.717, 1.165) is 9.90 Å². The van der Waals surface area contributed by atoms with Gasteiger partial charge < -0.3 is 10.8 Å². The predicted molar refractivity (Wildman–Crippen MR) is 72.6 cm³/mol. The Morgan fingerprint density at radius 1 is 1.47 bits per heavy atom. The molecule has 3 N–H and O–H groups in total. The van der Waals surface area contributed by atoms with Crippen LogP contribution in [0.15, 0.2) is 34.5 Å². The molecule has 100 valence electrons. The predicted octanol–water partition coefficient (Wildman–Crippen LogP) is 2.66. The van der Waals surface area contributed by atoms with Crippen LogP contribution in [0.4, 0.5) is 4.39 Å². The first-order valence-electron chi connectivity index (χ1n) is 5.37. The van der Waals surface area contributed by atoms with Gasteiger partial charge >= 0.3 is 5.97 Å². The molecule has 0 amide bonds. The highest BCUT2D eigenvalue weighted by atomic mass is 32.2. The Kier molecular flexibility index (Phi) is 4.52. The molecule has 0 fully saturated rings. The summed E-state index contributed by atoms with van der Waals surface area (Å²) in [5, 5.41) is 11.2. The molecule has 0 aliphatic carbocycles. The van der Waals surface area contributed by atoms with Crippen molar-refractivity contribution in [2.75, 3.05) is 0 Å². The van der Waals surface area contributed by atoms with Crippen molar-refractivity contribution in [1.82, 2.24) is 4.98 Å². The molecule has 4 nitrogen and oxygen atoms in total. The van der Waals surface area contributed by atoms with Crippen molar-refractivity contribution in [2.24, 2.45) is 5.73 Å². The molecule has 1 unspecified atom stereocenters. The average molecular weight is 298 g/mol. The Morgan fingerprint density at radius 3 is 2.79 bits per heavy atom. The normalized spacial score (nSPS) is 12.3. The molecule has 0 spiro atoms. The van der Waals surface area contributed by atoms with Gasteiger partial charge in [-0.2, -0.15) is 0 Å². The second-order valence-corrected chi connectivity index (χ2v) is 5.72. The highest BCUT2D eigenvalue weighted by Crippen LogP contribution is 2.25. The molecule has 7 heteroatoms. The van der Waals surface area contributed by atoms with Crippen molar-refractivity contribution in [3.8, 4) is 0 Å². The highest BCUT2D eigenvalue weighted by Gasteiger charge is 2.17. The second kappa shape index (κ2) is 6.14. The molecule has 1 heterocycles. The fourth-order valence-corrected chi connectivity index (χ4v) is 3.08. The third kappa shape index (κ3) is 3.76. The zero-order chi connectivity index (χ0) is 13.8. The van der Waals surface area contributed by atoms with Gasteiger partial charge in [-0.25, -0.2) is 9.37 Å². The van der Waals surface area contributed by atoms with Crippen molar-refractivity contribution < 1.29 is 14.3 Å². The van der Waals surface area contributed by atoms with Crippen LogP contribution in [0.3, 0.4) is 0 Å². The molecule has 2 aromatic rings. The Bertz CT molecular complexity index is 571. The first-order valence-corrected chi connectivity index (χ1v) is 7.24. The second-order valence-electron chi connectivity index (χ2n) is 3.72. The van der Waals surface area contributed by atoms with Crippen molar-refractivity contribution in [1.29, 1.82) is 0 Å². The fourth-order valence-electron chi connectivity index (χ4n) is 1.34. The minimum atomic E-state index is -1.09. The number of nitrogens with zero attached hydrogens (tertiary/aromatic N) is 1. The summed E-state index contributed by atoms with van der Waals surface area (Å²) >= 11 is 2.88. The molecule has 1 atom stereocenters. The Hall–Kier alpha value is -1.44. The Labute approximate surface area is 117 Å². The largest absolute Gasteiger partial charge is 0.480 e. The van der Waals surface area contributed by atoms with Crippen molar-refractivity contribution in [3.63, 3.8) is 0 Å². The van der Waals surface area contributed by atoms with Crippen LogP contribution >= 0.6 is 23.1 Å². The lowest BCUT2D eigenvalue weighted by Gasteiger charge is -2.01. The number of carboxylic acids is 1. The molecule has 1 aromatic heterocycles. The van der Waals surface area contributed by atoms with Crippen molar-refractivity contribution >= 4 is 29.1 Å². The lowest BCUT2D eigenvalue weighted by molar-refractivity contribution is -0.138. The van der Waals surface area contributed by atoms with Gasteiger partial charge in [-0.1, -0.05) is 0 Å². The zero-order valence-corrected chi connectivity index (χ0v) is 11.4. The number of aliphatic carboxylic acids is 1. The van der Waals surface area contributed by atoms with E-state index >= 15 is 0 Å². The molecule has 0 saturated carbocycles. The number of rotatable bonds is 5. The van der Waals surface area contributed by atoms with Crippen LogP contribution in [-0.2, 0) is 10.5 Å². The molecule has 2 rings (SSSR count). The van der Waals surface area contributed by atoms with E-state index in [4.69, 9.17) is 10.8 Å². The summed E-state index contributed by atoms with van der Waals surface area (Å²) in [6.07, 6.45) is 0. The minimum absolute atomic E-state index is 0.270. The number of hydrogen-bond acceptors (Lipinski definition) is 5. The van der Waals surface area contributed by atoms with Crippen molar-refractivity contribution in [2.45, 2.75) is 16.7 Å². The summed E-state index contributed by atoms with van der Waals surface area (Å²) in [6.45, 7) is 0. The third-order valence-electron chi connectivity index (χ3n) is 2.33. The molecule has 1 aromatic carbocycles. The maximum atomic E-state index is 12.7. The van der Waals surface area contributed by atoms with Crippen LogP contribution in [-0.4, -0.2) is 16.1 Å². The van der Waals surface area contributed by atoms with E-state index in [2.05, 4.69) is 4.98 Å². The topological polar surface area (TPSA) is 76.2 Å². The summed E-state index contributed by atoms with van der Waals surface area (Å²) in [6, 6.07) is 5.10. The third-order valence-corrected chi connectivity index (χ3v) is 4.40. The van der Waals surface area contributed by atoms with E-state index in [0.29, 0.717) is 11.4 Å². The SMILES string of the molecule is NC(C(=O)O)c1csc(CSc2ccc(F)cc2)n1. The van der Waals surface area contributed by atoms with Gasteiger partial charge in [-0.05, 0) is 24.3 Å². The summed E-state index contributed by atoms with van der Waals surface area (Å²) in [4.78, 5) is 15.8. The van der Waals surface area contributed by atoms with E-state index in [1.165, 1.54) is 35.2 Å². The molecule has 0 aliphatic heterocycles. The van der Waals surface area contributed by atoms with Gasteiger partial charge in [-0.15, -0.1) is 23.1 Å². The van der Waals surface area contributed by atoms with Crippen LogP contribution in [0.5, 0.6) is 0 Å². The maximum Gasteiger partial charge on any atom is 0.326 e. The van der Waals surface area contributed by atoms with E-state index in [1.54, 1.807) is 17.5 Å². The first-order chi connectivity index (χ1) is 9.06. The molecule has 0 radical (unpaired) electrons. The lowest BCUT2D eigenvalue weighted by atomic mass is 10.2. The number of nitrogens with two attached hydrogens (primary N) is 1. The van der Waals surface area contributed by atoms with E-state index in [1.807, 2.05) is 0 Å². The summed E-state index contributed by atoms with van der Waals surface area (Å²) in [5.74, 6) is -0.765. The number of halogens is 1. The highest BCUT2D eigenvalue weighted by molar-refractivity contribution is 7.98.